The van der Waals surface area contributed by atoms with Crippen LogP contribution in [0, 0.1) is 13.8 Å². The molecular weight excluding hydrogens is 364 g/mol. The van der Waals surface area contributed by atoms with Gasteiger partial charge in [-0.25, -0.2) is 13.1 Å². The number of para-hydroxylation sites is 1. The third-order valence-electron chi connectivity index (χ3n) is 4.42. The Hall–Kier alpha value is -2.38. The van der Waals surface area contributed by atoms with Gasteiger partial charge in [-0.1, -0.05) is 18.2 Å². The number of rotatable bonds is 8. The van der Waals surface area contributed by atoms with E-state index in [1.807, 2.05) is 30.3 Å². The maximum Gasteiger partial charge on any atom is 0.253 e. The van der Waals surface area contributed by atoms with E-state index in [1.165, 1.54) is 13.1 Å². The average molecular weight is 391 g/mol. The van der Waals surface area contributed by atoms with E-state index in [0.717, 1.165) is 11.3 Å². The number of nitrogens with one attached hydrogen (secondary N) is 1. The molecule has 2 aromatic rings. The molecule has 0 bridgehead atoms. The minimum absolute atomic E-state index is 0.133. The molecular formula is C20H26N2O4S. The first-order valence-electron chi connectivity index (χ1n) is 8.74. The number of hydrogen-bond acceptors (Lipinski definition) is 4. The summed E-state index contributed by atoms with van der Waals surface area (Å²) in [6.45, 7) is 4.54. The predicted octanol–water partition coefficient (Wildman–Crippen LogP) is 2.75. The van der Waals surface area contributed by atoms with Gasteiger partial charge in [-0.15, -0.1) is 0 Å². The molecule has 2 aromatic carbocycles. The van der Waals surface area contributed by atoms with Crippen molar-refractivity contribution >= 4 is 15.9 Å². The summed E-state index contributed by atoms with van der Waals surface area (Å²) in [5.74, 6) is 0.577. The van der Waals surface area contributed by atoms with Crippen LogP contribution in [0.15, 0.2) is 47.4 Å². The smallest absolute Gasteiger partial charge is 0.253 e. The van der Waals surface area contributed by atoms with Crippen molar-refractivity contribution in [3.8, 4) is 5.75 Å². The number of ether oxygens (including phenoxy) is 1. The fourth-order valence-electron chi connectivity index (χ4n) is 2.67. The normalized spacial score (nSPS) is 11.3. The van der Waals surface area contributed by atoms with E-state index in [-0.39, 0.29) is 10.8 Å². The lowest BCUT2D eigenvalue weighted by atomic mass is 10.1. The summed E-state index contributed by atoms with van der Waals surface area (Å²) in [6, 6.07) is 12.7. The molecule has 0 radical (unpaired) electrons. The van der Waals surface area contributed by atoms with Crippen LogP contribution < -0.4 is 9.46 Å². The Labute approximate surface area is 161 Å². The molecule has 1 amide bonds. The monoisotopic (exact) mass is 390 g/mol. The maximum absolute atomic E-state index is 12.7. The molecule has 0 unspecified atom stereocenters. The summed E-state index contributed by atoms with van der Waals surface area (Å²) in [5.41, 5.74) is 1.76. The second kappa shape index (κ2) is 9.01. The molecule has 6 nitrogen and oxygen atoms in total. The fourth-order valence-corrected chi connectivity index (χ4v) is 3.74. The number of carbonyl (C=O) groups is 1. The average Bonchev–Trinajstić information content (AvgIpc) is 2.67. The molecule has 0 aliphatic heterocycles. The van der Waals surface area contributed by atoms with Crippen molar-refractivity contribution in [3.05, 3.63) is 59.2 Å². The molecule has 27 heavy (non-hydrogen) atoms. The Morgan fingerprint density at radius 3 is 2.44 bits per heavy atom. The number of carbonyl (C=O) groups excluding carboxylic acids is 1. The third-order valence-corrected chi connectivity index (χ3v) is 5.96. The molecule has 0 aliphatic carbocycles. The van der Waals surface area contributed by atoms with Crippen molar-refractivity contribution in [1.82, 2.24) is 9.62 Å². The molecule has 0 saturated heterocycles. The second-order valence-corrected chi connectivity index (χ2v) is 8.22. The highest BCUT2D eigenvalue weighted by molar-refractivity contribution is 7.89. The third kappa shape index (κ3) is 5.30. The van der Waals surface area contributed by atoms with Gasteiger partial charge in [-0.2, -0.15) is 0 Å². The van der Waals surface area contributed by atoms with Gasteiger partial charge in [0.2, 0.25) is 10.0 Å². The van der Waals surface area contributed by atoms with E-state index in [2.05, 4.69) is 4.72 Å². The summed E-state index contributed by atoms with van der Waals surface area (Å²) >= 11 is 0. The Balaban J connectivity index is 2.03. The van der Waals surface area contributed by atoms with Crippen LogP contribution >= 0.6 is 0 Å². The van der Waals surface area contributed by atoms with Crippen molar-refractivity contribution in [2.75, 3.05) is 27.2 Å². The van der Waals surface area contributed by atoms with Crippen LogP contribution in [0.2, 0.25) is 0 Å². The number of sulfonamides is 1. The van der Waals surface area contributed by atoms with Crippen molar-refractivity contribution in [3.63, 3.8) is 0 Å². The zero-order valence-corrected chi connectivity index (χ0v) is 17.0. The van der Waals surface area contributed by atoms with Crippen molar-refractivity contribution < 1.29 is 17.9 Å². The first kappa shape index (κ1) is 20.9. The number of aryl methyl sites for hydroxylation is 1. The maximum atomic E-state index is 12.7. The molecule has 0 atom stereocenters. The fraction of sp³-hybridized carbons (Fsp3) is 0.350. The Morgan fingerprint density at radius 1 is 1.15 bits per heavy atom. The van der Waals surface area contributed by atoms with E-state index >= 15 is 0 Å². The Kier molecular flexibility index (Phi) is 6.98. The van der Waals surface area contributed by atoms with Crippen molar-refractivity contribution in [1.29, 1.82) is 0 Å². The van der Waals surface area contributed by atoms with Crippen LogP contribution in [-0.4, -0.2) is 46.5 Å². The van der Waals surface area contributed by atoms with Crippen LogP contribution in [0.3, 0.4) is 0 Å². The SMILES string of the molecule is CNS(=O)(=O)c1cc(C(=O)N(C)CCCOc2ccccc2)cc(C)c1C. The largest absolute Gasteiger partial charge is 0.494 e. The predicted molar refractivity (Wildman–Crippen MR) is 106 cm³/mol. The van der Waals surface area contributed by atoms with Gasteiger partial charge in [-0.05, 0) is 62.7 Å². The number of hydrogen-bond donors (Lipinski definition) is 1. The number of benzene rings is 2. The van der Waals surface area contributed by atoms with E-state index in [1.54, 1.807) is 31.9 Å². The Bertz CT molecular complexity index is 896. The lowest BCUT2D eigenvalue weighted by molar-refractivity contribution is 0.0787. The van der Waals surface area contributed by atoms with Gasteiger partial charge in [0.25, 0.3) is 5.91 Å². The highest BCUT2D eigenvalue weighted by Crippen LogP contribution is 2.22. The van der Waals surface area contributed by atoms with E-state index in [9.17, 15) is 13.2 Å². The molecule has 0 heterocycles. The van der Waals surface area contributed by atoms with Crippen LogP contribution in [0.4, 0.5) is 0 Å². The summed E-state index contributed by atoms with van der Waals surface area (Å²) < 4.78 is 32.4. The minimum atomic E-state index is -3.63. The van der Waals surface area contributed by atoms with Gasteiger partial charge in [0, 0.05) is 19.2 Å². The molecule has 0 fully saturated rings. The van der Waals surface area contributed by atoms with Gasteiger partial charge >= 0.3 is 0 Å². The van der Waals surface area contributed by atoms with Gasteiger partial charge in [0.05, 0.1) is 11.5 Å². The molecule has 0 spiro atoms. The lowest BCUT2D eigenvalue weighted by Crippen LogP contribution is -2.29. The lowest BCUT2D eigenvalue weighted by Gasteiger charge is -2.19. The quantitative estimate of drug-likeness (QED) is 0.703. The molecule has 146 valence electrons. The second-order valence-electron chi connectivity index (χ2n) is 6.37. The van der Waals surface area contributed by atoms with Crippen LogP contribution in [0.1, 0.15) is 27.9 Å². The molecule has 0 aliphatic rings. The van der Waals surface area contributed by atoms with Crippen LogP contribution in [0.5, 0.6) is 5.75 Å². The zero-order chi connectivity index (χ0) is 20.0. The van der Waals surface area contributed by atoms with Crippen molar-refractivity contribution in [2.24, 2.45) is 0 Å². The highest BCUT2D eigenvalue weighted by atomic mass is 32.2. The summed E-state index contributed by atoms with van der Waals surface area (Å²) in [7, 11) is -0.566. The summed E-state index contributed by atoms with van der Waals surface area (Å²) in [6.07, 6.45) is 0.670. The standard InChI is InChI=1S/C20H26N2O4S/c1-15-13-17(14-19(16(15)2)27(24,25)21-3)20(23)22(4)11-8-12-26-18-9-6-5-7-10-18/h5-7,9-10,13-14,21H,8,11-12H2,1-4H3. The number of amides is 1. The molecule has 0 saturated carbocycles. The van der Waals surface area contributed by atoms with E-state index in [0.29, 0.717) is 30.7 Å². The van der Waals surface area contributed by atoms with Crippen LogP contribution in [0.25, 0.3) is 0 Å². The summed E-state index contributed by atoms with van der Waals surface area (Å²) in [4.78, 5) is 14.4. The number of nitrogens with zero attached hydrogens (tertiary/aromatic N) is 1. The van der Waals surface area contributed by atoms with Gasteiger partial charge in [-0.3, -0.25) is 4.79 Å². The summed E-state index contributed by atoms with van der Waals surface area (Å²) in [5, 5.41) is 0. The van der Waals surface area contributed by atoms with Crippen LogP contribution in [-0.2, 0) is 10.0 Å². The molecule has 7 heteroatoms. The molecule has 2 rings (SSSR count). The zero-order valence-electron chi connectivity index (χ0n) is 16.2. The van der Waals surface area contributed by atoms with Gasteiger partial charge < -0.3 is 9.64 Å². The van der Waals surface area contributed by atoms with E-state index in [4.69, 9.17) is 4.74 Å². The topological polar surface area (TPSA) is 75.7 Å². The van der Waals surface area contributed by atoms with Gasteiger partial charge in [0.15, 0.2) is 0 Å². The first-order valence-corrected chi connectivity index (χ1v) is 10.2. The van der Waals surface area contributed by atoms with Gasteiger partial charge in [0.1, 0.15) is 5.75 Å². The minimum Gasteiger partial charge on any atom is -0.494 e. The molecule has 0 aromatic heterocycles. The highest BCUT2D eigenvalue weighted by Gasteiger charge is 2.20. The van der Waals surface area contributed by atoms with Crippen molar-refractivity contribution in [2.45, 2.75) is 25.2 Å². The Morgan fingerprint density at radius 2 is 1.81 bits per heavy atom. The first-order chi connectivity index (χ1) is 12.8. The van der Waals surface area contributed by atoms with E-state index < -0.39 is 10.0 Å². The molecule has 1 N–H and O–H groups in total.